The lowest BCUT2D eigenvalue weighted by Gasteiger charge is -2.23. The minimum absolute atomic E-state index is 0.0483. The Kier molecular flexibility index (Phi) is 6.27. The van der Waals surface area contributed by atoms with E-state index in [9.17, 15) is 18.4 Å². The Morgan fingerprint density at radius 1 is 1.24 bits per heavy atom. The third-order valence-electron chi connectivity index (χ3n) is 2.88. The average Bonchev–Trinajstić information content (AvgIpc) is 2.40. The van der Waals surface area contributed by atoms with Crippen molar-refractivity contribution in [2.75, 3.05) is 19.6 Å². The molecule has 1 N–H and O–H groups in total. The Bertz CT molecular complexity index is 518. The van der Waals surface area contributed by atoms with Crippen LogP contribution in [0.15, 0.2) is 18.2 Å². The molecule has 4 nitrogen and oxygen atoms in total. The number of hydrogen-bond donors (Lipinski definition) is 1. The van der Waals surface area contributed by atoms with Gasteiger partial charge < -0.3 is 10.2 Å². The van der Waals surface area contributed by atoms with Crippen molar-refractivity contribution in [1.82, 2.24) is 10.2 Å². The van der Waals surface area contributed by atoms with Gasteiger partial charge in [-0.2, -0.15) is 0 Å². The van der Waals surface area contributed by atoms with Crippen LogP contribution in [0, 0.1) is 17.6 Å². The molecule has 0 aliphatic heterocycles. The van der Waals surface area contributed by atoms with Gasteiger partial charge in [0.1, 0.15) is 0 Å². The van der Waals surface area contributed by atoms with E-state index < -0.39 is 17.5 Å². The Morgan fingerprint density at radius 2 is 1.90 bits per heavy atom. The predicted octanol–water partition coefficient (Wildman–Crippen LogP) is 2.20. The highest BCUT2D eigenvalue weighted by Gasteiger charge is 2.12. The summed E-state index contributed by atoms with van der Waals surface area (Å²) in [5.74, 6) is -2.29. The van der Waals surface area contributed by atoms with Gasteiger partial charge in [0, 0.05) is 32.1 Å². The second-order valence-corrected chi connectivity index (χ2v) is 5.24. The molecule has 0 unspecified atom stereocenters. The van der Waals surface area contributed by atoms with Crippen LogP contribution in [0.3, 0.4) is 0 Å². The molecule has 1 aromatic carbocycles. The summed E-state index contributed by atoms with van der Waals surface area (Å²) in [5.41, 5.74) is 0.0483. The molecular formula is C15H20F2N2O2. The summed E-state index contributed by atoms with van der Waals surface area (Å²) >= 11 is 0. The number of rotatable bonds is 6. The van der Waals surface area contributed by atoms with Crippen molar-refractivity contribution >= 4 is 11.8 Å². The lowest BCUT2D eigenvalue weighted by atomic mass is 10.2. The van der Waals surface area contributed by atoms with E-state index in [1.165, 1.54) is 13.0 Å². The van der Waals surface area contributed by atoms with E-state index in [0.29, 0.717) is 19.0 Å². The van der Waals surface area contributed by atoms with E-state index in [1.54, 1.807) is 4.90 Å². The van der Waals surface area contributed by atoms with Gasteiger partial charge in [0.25, 0.3) is 5.91 Å². The number of benzene rings is 1. The molecule has 0 radical (unpaired) electrons. The molecule has 2 amide bonds. The molecule has 1 aromatic rings. The molecule has 0 bridgehead atoms. The van der Waals surface area contributed by atoms with Crippen molar-refractivity contribution < 1.29 is 18.4 Å². The lowest BCUT2D eigenvalue weighted by molar-refractivity contribution is -0.129. The minimum Gasteiger partial charge on any atom is -0.350 e. The number of carbonyl (C=O) groups is 2. The van der Waals surface area contributed by atoms with Crippen LogP contribution < -0.4 is 5.32 Å². The van der Waals surface area contributed by atoms with E-state index in [2.05, 4.69) is 5.32 Å². The molecule has 0 spiro atoms. The van der Waals surface area contributed by atoms with E-state index in [4.69, 9.17) is 0 Å². The molecule has 6 heteroatoms. The van der Waals surface area contributed by atoms with Crippen LogP contribution >= 0.6 is 0 Å². The summed E-state index contributed by atoms with van der Waals surface area (Å²) in [4.78, 5) is 24.8. The van der Waals surface area contributed by atoms with Gasteiger partial charge in [0.05, 0.1) is 0 Å². The molecule has 0 aromatic heterocycles. The number of nitrogens with zero attached hydrogens (tertiary/aromatic N) is 1. The SMILES string of the molecule is CC(=O)N(CCNC(=O)c1ccc(F)c(F)c1)CC(C)C. The molecule has 0 atom stereocenters. The number of hydrogen-bond acceptors (Lipinski definition) is 2. The summed E-state index contributed by atoms with van der Waals surface area (Å²) in [7, 11) is 0. The molecule has 0 saturated carbocycles. The third kappa shape index (κ3) is 5.49. The van der Waals surface area contributed by atoms with Gasteiger partial charge >= 0.3 is 0 Å². The molecule has 0 fully saturated rings. The zero-order valence-corrected chi connectivity index (χ0v) is 12.5. The number of halogens is 2. The maximum absolute atomic E-state index is 13.0. The lowest BCUT2D eigenvalue weighted by Crippen LogP contribution is -2.39. The highest BCUT2D eigenvalue weighted by atomic mass is 19.2. The van der Waals surface area contributed by atoms with Crippen LogP contribution in [-0.4, -0.2) is 36.3 Å². The summed E-state index contributed by atoms with van der Waals surface area (Å²) in [5, 5.41) is 2.58. The first-order valence-electron chi connectivity index (χ1n) is 6.80. The molecule has 116 valence electrons. The van der Waals surface area contributed by atoms with Crippen molar-refractivity contribution in [3.8, 4) is 0 Å². The van der Waals surface area contributed by atoms with Crippen LogP contribution in [0.4, 0.5) is 8.78 Å². The van der Waals surface area contributed by atoms with Crippen LogP contribution in [0.1, 0.15) is 31.1 Å². The first kappa shape index (κ1) is 17.1. The summed E-state index contributed by atoms with van der Waals surface area (Å²) < 4.78 is 25.8. The topological polar surface area (TPSA) is 49.4 Å². The van der Waals surface area contributed by atoms with Crippen LogP contribution in [0.25, 0.3) is 0 Å². The van der Waals surface area contributed by atoms with Gasteiger partial charge in [-0.3, -0.25) is 9.59 Å². The van der Waals surface area contributed by atoms with Gasteiger partial charge in [-0.15, -0.1) is 0 Å². The second kappa shape index (κ2) is 7.71. The Hall–Kier alpha value is -1.98. The van der Waals surface area contributed by atoms with Crippen molar-refractivity contribution in [3.63, 3.8) is 0 Å². The molecule has 21 heavy (non-hydrogen) atoms. The van der Waals surface area contributed by atoms with Crippen LogP contribution in [0.2, 0.25) is 0 Å². The van der Waals surface area contributed by atoms with E-state index in [1.807, 2.05) is 13.8 Å². The monoisotopic (exact) mass is 298 g/mol. The van der Waals surface area contributed by atoms with Gasteiger partial charge in [0.15, 0.2) is 11.6 Å². The summed E-state index contributed by atoms with van der Waals surface area (Å²) in [6.07, 6.45) is 0. The fraction of sp³-hybridized carbons (Fsp3) is 0.467. The first-order valence-corrected chi connectivity index (χ1v) is 6.80. The highest BCUT2D eigenvalue weighted by molar-refractivity contribution is 5.94. The number of carbonyl (C=O) groups excluding carboxylic acids is 2. The minimum atomic E-state index is -1.06. The molecule has 0 saturated heterocycles. The quantitative estimate of drug-likeness (QED) is 0.875. The van der Waals surface area contributed by atoms with Crippen molar-refractivity contribution in [2.45, 2.75) is 20.8 Å². The summed E-state index contributed by atoms with van der Waals surface area (Å²) in [6, 6.07) is 2.97. The first-order chi connectivity index (χ1) is 9.81. The predicted molar refractivity (Wildman–Crippen MR) is 75.8 cm³/mol. The zero-order chi connectivity index (χ0) is 16.0. The average molecular weight is 298 g/mol. The van der Waals surface area contributed by atoms with Crippen LogP contribution in [-0.2, 0) is 4.79 Å². The van der Waals surface area contributed by atoms with Gasteiger partial charge in [-0.05, 0) is 24.1 Å². The fourth-order valence-electron chi connectivity index (χ4n) is 1.86. The molecule has 0 heterocycles. The smallest absolute Gasteiger partial charge is 0.251 e. The Morgan fingerprint density at radius 3 is 2.43 bits per heavy atom. The zero-order valence-electron chi connectivity index (χ0n) is 12.5. The number of nitrogens with one attached hydrogen (secondary N) is 1. The highest BCUT2D eigenvalue weighted by Crippen LogP contribution is 2.08. The van der Waals surface area contributed by atoms with E-state index >= 15 is 0 Å². The second-order valence-electron chi connectivity index (χ2n) is 5.24. The largest absolute Gasteiger partial charge is 0.350 e. The molecule has 0 aliphatic carbocycles. The number of amides is 2. The van der Waals surface area contributed by atoms with Crippen LogP contribution in [0.5, 0.6) is 0 Å². The fourth-order valence-corrected chi connectivity index (χ4v) is 1.86. The standard InChI is InChI=1S/C15H20F2N2O2/c1-10(2)9-19(11(3)20)7-6-18-15(21)12-4-5-13(16)14(17)8-12/h4-5,8,10H,6-7,9H2,1-3H3,(H,18,21). The van der Waals surface area contributed by atoms with Gasteiger partial charge in [-0.25, -0.2) is 8.78 Å². The van der Waals surface area contributed by atoms with Crippen molar-refractivity contribution in [1.29, 1.82) is 0 Å². The molecule has 0 aliphatic rings. The van der Waals surface area contributed by atoms with E-state index in [0.717, 1.165) is 12.1 Å². The summed E-state index contributed by atoms with van der Waals surface area (Å²) in [6.45, 7) is 6.70. The van der Waals surface area contributed by atoms with Gasteiger partial charge in [-0.1, -0.05) is 13.8 Å². The molecular weight excluding hydrogens is 278 g/mol. The Labute approximate surface area is 123 Å². The maximum Gasteiger partial charge on any atom is 0.251 e. The molecule has 1 rings (SSSR count). The maximum atomic E-state index is 13.0. The van der Waals surface area contributed by atoms with Gasteiger partial charge in [0.2, 0.25) is 5.91 Å². The van der Waals surface area contributed by atoms with Crippen molar-refractivity contribution in [2.24, 2.45) is 5.92 Å². The normalized spacial score (nSPS) is 10.6. The van der Waals surface area contributed by atoms with E-state index in [-0.39, 0.29) is 18.0 Å². The van der Waals surface area contributed by atoms with Crippen molar-refractivity contribution in [3.05, 3.63) is 35.4 Å². The third-order valence-corrected chi connectivity index (χ3v) is 2.88. The Balaban J connectivity index is 2.52.